The van der Waals surface area contributed by atoms with Gasteiger partial charge in [0, 0.05) is 18.3 Å². The van der Waals surface area contributed by atoms with Crippen LogP contribution in [0.2, 0.25) is 0 Å². The van der Waals surface area contributed by atoms with Crippen LogP contribution >= 0.6 is 0 Å². The van der Waals surface area contributed by atoms with Gasteiger partial charge in [-0.1, -0.05) is 13.3 Å². The molecule has 2 aliphatic heterocycles. The smallest absolute Gasteiger partial charge is 0.224 e. The number of amides is 1. The number of unbranched alkanes of at least 4 members (excludes halogenated alkanes) is 1. The Labute approximate surface area is 125 Å². The van der Waals surface area contributed by atoms with Crippen molar-refractivity contribution >= 4 is 17.3 Å². The van der Waals surface area contributed by atoms with Crippen molar-refractivity contribution in [3.63, 3.8) is 0 Å². The van der Waals surface area contributed by atoms with Gasteiger partial charge in [-0.2, -0.15) is 0 Å². The number of fused-ring (bicyclic) bond motifs is 2. The fraction of sp³-hybridized carbons (Fsp3) is 0.500. The van der Waals surface area contributed by atoms with Crippen LogP contribution in [-0.2, 0) is 4.79 Å². The maximum absolute atomic E-state index is 11.8. The maximum atomic E-state index is 11.8. The van der Waals surface area contributed by atoms with Gasteiger partial charge in [0.1, 0.15) is 0 Å². The third-order valence-electron chi connectivity index (χ3n) is 4.08. The van der Waals surface area contributed by atoms with E-state index in [1.165, 1.54) is 11.1 Å². The van der Waals surface area contributed by atoms with Crippen LogP contribution in [-0.4, -0.2) is 30.0 Å². The van der Waals surface area contributed by atoms with E-state index in [1.807, 2.05) is 19.2 Å². The van der Waals surface area contributed by atoms with E-state index in [4.69, 9.17) is 0 Å². The van der Waals surface area contributed by atoms with Crippen LogP contribution in [0.1, 0.15) is 38.7 Å². The fourth-order valence-electron chi connectivity index (χ4n) is 3.13. The molecule has 1 amide bonds. The van der Waals surface area contributed by atoms with Gasteiger partial charge >= 0.3 is 0 Å². The molecular weight excluding hydrogens is 264 g/mol. The molecule has 1 unspecified atom stereocenters. The number of nitrogens with one attached hydrogen (secondary N) is 2. The van der Waals surface area contributed by atoms with Crippen molar-refractivity contribution in [2.75, 3.05) is 18.1 Å². The molecule has 0 radical (unpaired) electrons. The summed E-state index contributed by atoms with van der Waals surface area (Å²) in [4.78, 5) is 16.3. The molecule has 2 aliphatic rings. The van der Waals surface area contributed by atoms with E-state index in [9.17, 15) is 4.79 Å². The zero-order valence-corrected chi connectivity index (χ0v) is 12.6. The zero-order chi connectivity index (χ0) is 14.8. The maximum Gasteiger partial charge on any atom is 0.224 e. The van der Waals surface area contributed by atoms with Crippen molar-refractivity contribution in [1.82, 2.24) is 15.7 Å². The SMILES string of the molecule is CCCCNN1CC2=C(c3cccnc31)C(C)NC(=O)C2. The van der Waals surface area contributed by atoms with Gasteiger partial charge in [-0.05, 0) is 36.6 Å². The Morgan fingerprint density at radius 2 is 2.38 bits per heavy atom. The van der Waals surface area contributed by atoms with Crippen LogP contribution in [0.3, 0.4) is 0 Å². The normalized spacial score (nSPS) is 21.0. The van der Waals surface area contributed by atoms with E-state index in [-0.39, 0.29) is 11.9 Å². The first-order chi connectivity index (χ1) is 10.2. The molecule has 0 spiro atoms. The highest BCUT2D eigenvalue weighted by Crippen LogP contribution is 2.37. The molecule has 0 aliphatic carbocycles. The summed E-state index contributed by atoms with van der Waals surface area (Å²) in [6.45, 7) is 5.89. The summed E-state index contributed by atoms with van der Waals surface area (Å²) >= 11 is 0. The first-order valence-corrected chi connectivity index (χ1v) is 7.68. The Kier molecular flexibility index (Phi) is 3.92. The molecule has 1 atom stereocenters. The topological polar surface area (TPSA) is 57.3 Å². The predicted octanol–water partition coefficient (Wildman–Crippen LogP) is 1.87. The number of aromatic nitrogens is 1. The number of hydrazine groups is 1. The Morgan fingerprint density at radius 1 is 1.52 bits per heavy atom. The molecule has 0 saturated carbocycles. The van der Waals surface area contributed by atoms with Crippen molar-refractivity contribution in [1.29, 1.82) is 0 Å². The first-order valence-electron chi connectivity index (χ1n) is 7.68. The van der Waals surface area contributed by atoms with Gasteiger partial charge in [-0.15, -0.1) is 0 Å². The van der Waals surface area contributed by atoms with E-state index >= 15 is 0 Å². The van der Waals surface area contributed by atoms with E-state index in [0.717, 1.165) is 37.3 Å². The molecule has 0 fully saturated rings. The van der Waals surface area contributed by atoms with Crippen LogP contribution in [0.4, 0.5) is 5.82 Å². The van der Waals surface area contributed by atoms with Crippen molar-refractivity contribution in [3.05, 3.63) is 29.5 Å². The van der Waals surface area contributed by atoms with Crippen LogP contribution in [0.15, 0.2) is 23.9 Å². The van der Waals surface area contributed by atoms with E-state index < -0.39 is 0 Å². The number of nitrogens with zero attached hydrogens (tertiary/aromatic N) is 2. The molecule has 1 aromatic rings. The highest BCUT2D eigenvalue weighted by Gasteiger charge is 2.32. The lowest BCUT2D eigenvalue weighted by Gasteiger charge is -2.37. The number of hydrogen-bond donors (Lipinski definition) is 2. The average molecular weight is 286 g/mol. The second kappa shape index (κ2) is 5.85. The highest BCUT2D eigenvalue weighted by atomic mass is 16.1. The van der Waals surface area contributed by atoms with Crippen LogP contribution in [0.5, 0.6) is 0 Å². The molecule has 0 aromatic carbocycles. The summed E-state index contributed by atoms with van der Waals surface area (Å²) in [5.41, 5.74) is 7.03. The Hall–Kier alpha value is -1.88. The van der Waals surface area contributed by atoms with Gasteiger partial charge in [-0.3, -0.25) is 9.80 Å². The Bertz CT molecular complexity index is 581. The molecule has 112 valence electrons. The quantitative estimate of drug-likeness (QED) is 0.830. The molecule has 5 nitrogen and oxygen atoms in total. The molecule has 3 heterocycles. The number of rotatable bonds is 4. The molecular formula is C16H22N4O. The summed E-state index contributed by atoms with van der Waals surface area (Å²) in [5.74, 6) is 1.08. The van der Waals surface area contributed by atoms with Crippen molar-refractivity contribution in [2.45, 2.75) is 39.2 Å². The Morgan fingerprint density at radius 3 is 3.19 bits per heavy atom. The minimum atomic E-state index is 0.0574. The Balaban J connectivity index is 1.95. The lowest BCUT2D eigenvalue weighted by molar-refractivity contribution is -0.121. The molecule has 5 heteroatoms. The third-order valence-corrected chi connectivity index (χ3v) is 4.08. The summed E-state index contributed by atoms with van der Waals surface area (Å²) in [5, 5.41) is 5.12. The van der Waals surface area contributed by atoms with Crippen molar-refractivity contribution < 1.29 is 4.79 Å². The third kappa shape index (κ3) is 2.65. The number of pyridine rings is 1. The number of carbonyl (C=O) groups is 1. The molecule has 2 N–H and O–H groups in total. The highest BCUT2D eigenvalue weighted by molar-refractivity contribution is 5.93. The van der Waals surface area contributed by atoms with Gasteiger partial charge in [0.05, 0.1) is 19.0 Å². The summed E-state index contributed by atoms with van der Waals surface area (Å²) in [7, 11) is 0. The van der Waals surface area contributed by atoms with E-state index in [1.54, 1.807) is 0 Å². The van der Waals surface area contributed by atoms with Crippen LogP contribution in [0.25, 0.3) is 5.57 Å². The zero-order valence-electron chi connectivity index (χ0n) is 12.6. The van der Waals surface area contributed by atoms with Gasteiger partial charge in [0.25, 0.3) is 0 Å². The van der Waals surface area contributed by atoms with Gasteiger partial charge < -0.3 is 5.32 Å². The molecule has 21 heavy (non-hydrogen) atoms. The predicted molar refractivity (Wildman–Crippen MR) is 83.6 cm³/mol. The second-order valence-corrected chi connectivity index (χ2v) is 5.71. The standard InChI is InChI=1S/C16H22N4O/c1-3-4-8-18-20-10-12-9-14(21)19-11(2)15(12)13-6-5-7-17-16(13)20/h5-7,11,18H,3-4,8-10H2,1-2H3,(H,19,21). The summed E-state index contributed by atoms with van der Waals surface area (Å²) in [6, 6.07) is 4.11. The van der Waals surface area contributed by atoms with Crippen molar-refractivity contribution in [2.24, 2.45) is 0 Å². The lowest BCUT2D eigenvalue weighted by Crippen LogP contribution is -2.48. The summed E-state index contributed by atoms with van der Waals surface area (Å²) in [6.07, 6.45) is 4.59. The minimum absolute atomic E-state index is 0.0574. The average Bonchev–Trinajstić information content (AvgIpc) is 2.46. The molecule has 0 saturated heterocycles. The molecule has 3 rings (SSSR count). The largest absolute Gasteiger partial charge is 0.349 e. The lowest BCUT2D eigenvalue weighted by atomic mass is 9.87. The second-order valence-electron chi connectivity index (χ2n) is 5.71. The first kappa shape index (κ1) is 14.1. The number of carbonyl (C=O) groups excluding carboxylic acids is 1. The fourth-order valence-corrected chi connectivity index (χ4v) is 3.13. The minimum Gasteiger partial charge on any atom is -0.349 e. The van der Waals surface area contributed by atoms with Crippen molar-refractivity contribution in [3.8, 4) is 0 Å². The van der Waals surface area contributed by atoms with Crippen LogP contribution < -0.4 is 15.8 Å². The number of hydrogen-bond acceptors (Lipinski definition) is 4. The summed E-state index contributed by atoms with van der Waals surface area (Å²) < 4.78 is 0. The monoisotopic (exact) mass is 286 g/mol. The van der Waals surface area contributed by atoms with Gasteiger partial charge in [0.2, 0.25) is 5.91 Å². The van der Waals surface area contributed by atoms with Crippen LogP contribution in [0, 0.1) is 0 Å². The van der Waals surface area contributed by atoms with Gasteiger partial charge in [-0.25, -0.2) is 10.4 Å². The van der Waals surface area contributed by atoms with Gasteiger partial charge in [0.15, 0.2) is 5.82 Å². The van der Waals surface area contributed by atoms with E-state index in [2.05, 4.69) is 33.7 Å². The number of anilines is 1. The van der Waals surface area contributed by atoms with E-state index in [0.29, 0.717) is 6.42 Å². The molecule has 0 bridgehead atoms. The molecule has 1 aromatic heterocycles.